The molecule has 0 aliphatic heterocycles. The van der Waals surface area contributed by atoms with Gasteiger partial charge in [-0.2, -0.15) is 0 Å². The summed E-state index contributed by atoms with van der Waals surface area (Å²) < 4.78 is 2.28. The fraction of sp³-hybridized carbons (Fsp3) is 0.462. The van der Waals surface area contributed by atoms with Gasteiger partial charge in [0, 0.05) is 17.8 Å². The lowest BCUT2D eigenvalue weighted by Crippen LogP contribution is -2.07. The van der Waals surface area contributed by atoms with Crippen LogP contribution in [-0.2, 0) is 6.42 Å². The summed E-state index contributed by atoms with van der Waals surface area (Å²) in [5.74, 6) is 0.633. The Morgan fingerprint density at radius 3 is 3.13 bits per heavy atom. The Morgan fingerprint density at radius 2 is 2.27 bits per heavy atom. The van der Waals surface area contributed by atoms with Crippen LogP contribution in [0.1, 0.15) is 42.6 Å². The van der Waals surface area contributed by atoms with Gasteiger partial charge in [0.25, 0.3) is 0 Å². The van der Waals surface area contributed by atoms with E-state index in [1.807, 2.05) is 0 Å². The molecule has 0 radical (unpaired) electrons. The predicted octanol–water partition coefficient (Wildman–Crippen LogP) is 3.08. The Balaban J connectivity index is 2.31. The lowest BCUT2D eigenvalue weighted by atomic mass is 9.91. The third kappa shape index (κ3) is 1.28. The van der Waals surface area contributed by atoms with E-state index in [0.29, 0.717) is 5.92 Å². The molecule has 2 aromatic rings. The van der Waals surface area contributed by atoms with Crippen molar-refractivity contribution in [1.29, 1.82) is 0 Å². The molecule has 0 bridgehead atoms. The van der Waals surface area contributed by atoms with Crippen molar-refractivity contribution >= 4 is 5.65 Å². The summed E-state index contributed by atoms with van der Waals surface area (Å²) >= 11 is 0. The molecule has 15 heavy (non-hydrogen) atoms. The summed E-state index contributed by atoms with van der Waals surface area (Å²) in [7, 11) is 0. The Morgan fingerprint density at radius 1 is 1.40 bits per heavy atom. The molecule has 78 valence electrons. The number of aromatic nitrogens is 2. The standard InChI is InChI=1S/C13H16N2/c1-9-6-7-12-14-13-10(2)4-3-5-11(13)15(12)8-9/h6-8,10H,3-5H2,1-2H3. The molecule has 2 heteroatoms. The van der Waals surface area contributed by atoms with E-state index < -0.39 is 0 Å². The van der Waals surface area contributed by atoms with Crippen molar-refractivity contribution in [3.8, 4) is 0 Å². The Kier molecular flexibility index (Phi) is 1.84. The highest BCUT2D eigenvalue weighted by Crippen LogP contribution is 2.31. The summed E-state index contributed by atoms with van der Waals surface area (Å²) in [5, 5.41) is 0. The van der Waals surface area contributed by atoms with Gasteiger partial charge in [-0.15, -0.1) is 0 Å². The zero-order valence-corrected chi connectivity index (χ0v) is 9.33. The van der Waals surface area contributed by atoms with Crippen molar-refractivity contribution in [3.05, 3.63) is 35.3 Å². The predicted molar refractivity (Wildman–Crippen MR) is 61.3 cm³/mol. The molecule has 0 amide bonds. The van der Waals surface area contributed by atoms with Crippen molar-refractivity contribution in [2.24, 2.45) is 0 Å². The van der Waals surface area contributed by atoms with Crippen LogP contribution in [0.15, 0.2) is 18.3 Å². The molecule has 0 saturated heterocycles. The first kappa shape index (κ1) is 8.96. The number of hydrogen-bond donors (Lipinski definition) is 0. The number of rotatable bonds is 0. The summed E-state index contributed by atoms with van der Waals surface area (Å²) in [6, 6.07) is 4.26. The van der Waals surface area contributed by atoms with Crippen molar-refractivity contribution in [1.82, 2.24) is 9.38 Å². The first-order chi connectivity index (χ1) is 7.25. The largest absolute Gasteiger partial charge is 0.304 e. The molecule has 0 N–H and O–H groups in total. The topological polar surface area (TPSA) is 17.3 Å². The van der Waals surface area contributed by atoms with Gasteiger partial charge in [-0.25, -0.2) is 4.98 Å². The Hall–Kier alpha value is -1.31. The van der Waals surface area contributed by atoms with E-state index in [1.165, 1.54) is 36.2 Å². The number of fused-ring (bicyclic) bond motifs is 3. The molecule has 2 nitrogen and oxygen atoms in total. The van der Waals surface area contributed by atoms with E-state index in [-0.39, 0.29) is 0 Å². The van der Waals surface area contributed by atoms with Crippen molar-refractivity contribution in [3.63, 3.8) is 0 Å². The minimum absolute atomic E-state index is 0.633. The fourth-order valence-electron chi connectivity index (χ4n) is 2.57. The monoisotopic (exact) mass is 200 g/mol. The highest BCUT2D eigenvalue weighted by atomic mass is 15.0. The average Bonchev–Trinajstić information content (AvgIpc) is 2.58. The normalized spacial score (nSPS) is 20.5. The molecular formula is C13H16N2. The second-order valence-electron chi connectivity index (χ2n) is 4.67. The smallest absolute Gasteiger partial charge is 0.137 e. The number of hydrogen-bond acceptors (Lipinski definition) is 1. The second-order valence-corrected chi connectivity index (χ2v) is 4.67. The van der Waals surface area contributed by atoms with Crippen molar-refractivity contribution in [2.75, 3.05) is 0 Å². The molecule has 0 fully saturated rings. The van der Waals surface area contributed by atoms with Crippen molar-refractivity contribution in [2.45, 2.75) is 39.0 Å². The summed E-state index contributed by atoms with van der Waals surface area (Å²) in [6.45, 7) is 4.43. The molecular weight excluding hydrogens is 184 g/mol. The molecule has 0 spiro atoms. The molecule has 1 aliphatic rings. The number of aryl methyl sites for hydroxylation is 2. The number of pyridine rings is 1. The van der Waals surface area contributed by atoms with E-state index in [0.717, 1.165) is 5.65 Å². The van der Waals surface area contributed by atoms with Crippen LogP contribution < -0.4 is 0 Å². The van der Waals surface area contributed by atoms with E-state index in [1.54, 1.807) is 0 Å². The molecule has 2 aromatic heterocycles. The highest BCUT2D eigenvalue weighted by molar-refractivity contribution is 5.46. The van der Waals surface area contributed by atoms with E-state index in [9.17, 15) is 0 Å². The Labute approximate surface area is 90.0 Å². The lowest BCUT2D eigenvalue weighted by Gasteiger charge is -2.17. The van der Waals surface area contributed by atoms with Crippen LogP contribution in [0.5, 0.6) is 0 Å². The van der Waals surface area contributed by atoms with Crippen LogP contribution in [0.3, 0.4) is 0 Å². The minimum Gasteiger partial charge on any atom is -0.304 e. The molecule has 1 unspecified atom stereocenters. The maximum absolute atomic E-state index is 4.74. The van der Waals surface area contributed by atoms with Crippen molar-refractivity contribution < 1.29 is 0 Å². The third-order valence-electron chi connectivity index (χ3n) is 3.41. The highest BCUT2D eigenvalue weighted by Gasteiger charge is 2.21. The summed E-state index contributed by atoms with van der Waals surface area (Å²) in [4.78, 5) is 4.74. The number of imidazole rings is 1. The first-order valence-corrected chi connectivity index (χ1v) is 5.73. The quantitative estimate of drug-likeness (QED) is 0.638. The average molecular weight is 200 g/mol. The summed E-state index contributed by atoms with van der Waals surface area (Å²) in [6.07, 6.45) is 5.98. The SMILES string of the molecule is Cc1ccc2nc3c(n2c1)CCCC3C. The van der Waals surface area contributed by atoms with Gasteiger partial charge < -0.3 is 4.40 Å². The minimum atomic E-state index is 0.633. The maximum Gasteiger partial charge on any atom is 0.137 e. The maximum atomic E-state index is 4.74. The van der Waals surface area contributed by atoms with Crippen LogP contribution in [0.25, 0.3) is 5.65 Å². The first-order valence-electron chi connectivity index (χ1n) is 5.73. The van der Waals surface area contributed by atoms with Crippen LogP contribution in [0.4, 0.5) is 0 Å². The number of nitrogens with zero attached hydrogens (tertiary/aromatic N) is 2. The lowest BCUT2D eigenvalue weighted by molar-refractivity contribution is 0.570. The zero-order chi connectivity index (χ0) is 10.4. The second kappa shape index (κ2) is 3.09. The van der Waals surface area contributed by atoms with Gasteiger partial charge in [0.15, 0.2) is 0 Å². The van der Waals surface area contributed by atoms with Gasteiger partial charge in [-0.1, -0.05) is 13.0 Å². The van der Waals surface area contributed by atoms with Crippen LogP contribution in [-0.4, -0.2) is 9.38 Å². The van der Waals surface area contributed by atoms with E-state index in [2.05, 4.69) is 36.6 Å². The van der Waals surface area contributed by atoms with Gasteiger partial charge in [-0.3, -0.25) is 0 Å². The van der Waals surface area contributed by atoms with Crippen LogP contribution in [0, 0.1) is 6.92 Å². The van der Waals surface area contributed by atoms with Gasteiger partial charge in [-0.05, 0) is 37.8 Å². The molecule has 2 heterocycles. The van der Waals surface area contributed by atoms with Gasteiger partial charge in [0.1, 0.15) is 5.65 Å². The molecule has 0 aromatic carbocycles. The molecule has 1 aliphatic carbocycles. The third-order valence-corrected chi connectivity index (χ3v) is 3.41. The van der Waals surface area contributed by atoms with Gasteiger partial charge >= 0.3 is 0 Å². The molecule has 0 saturated carbocycles. The van der Waals surface area contributed by atoms with Crippen LogP contribution in [0.2, 0.25) is 0 Å². The van der Waals surface area contributed by atoms with Gasteiger partial charge in [0.2, 0.25) is 0 Å². The Bertz CT molecular complexity index is 510. The van der Waals surface area contributed by atoms with E-state index in [4.69, 9.17) is 4.98 Å². The molecule has 3 rings (SSSR count). The zero-order valence-electron chi connectivity index (χ0n) is 9.33. The molecule has 1 atom stereocenters. The summed E-state index contributed by atoms with van der Waals surface area (Å²) in [5.41, 5.74) is 5.18. The van der Waals surface area contributed by atoms with Gasteiger partial charge in [0.05, 0.1) is 5.69 Å². The fourth-order valence-corrected chi connectivity index (χ4v) is 2.57. The van der Waals surface area contributed by atoms with E-state index >= 15 is 0 Å². The van der Waals surface area contributed by atoms with Crippen LogP contribution >= 0.6 is 0 Å².